The van der Waals surface area contributed by atoms with Crippen LogP contribution in [0.1, 0.15) is 27.9 Å². The van der Waals surface area contributed by atoms with E-state index in [-0.39, 0.29) is 11.5 Å². The first-order valence-corrected chi connectivity index (χ1v) is 7.66. The molecule has 20 heavy (non-hydrogen) atoms. The Labute approximate surface area is 122 Å². The number of carbonyl (C=O) groups excluding carboxylic acids is 1. The van der Waals surface area contributed by atoms with Gasteiger partial charge in [-0.15, -0.1) is 0 Å². The number of nitrogens with two attached hydrogens (primary N) is 1. The molecule has 1 amide bonds. The van der Waals surface area contributed by atoms with Crippen molar-refractivity contribution in [3.8, 4) is 0 Å². The summed E-state index contributed by atoms with van der Waals surface area (Å²) in [7, 11) is 0. The Morgan fingerprint density at radius 3 is 2.60 bits per heavy atom. The zero-order chi connectivity index (χ0) is 15.3. The first kappa shape index (κ1) is 16.5. The molecule has 1 aromatic rings. The standard InChI is InChI=1S/C14H20N2O3S/c1-8-6-10(7-11(9(8)2)14(18)19)16-13(17)12(15)4-5-20-3/h6-7,12H,4-5,15H2,1-3H3,(H,16,17)(H,18,19)/t12-/m1/s1. The number of thioether (sulfide) groups is 1. The maximum Gasteiger partial charge on any atom is 0.336 e. The number of aryl methyl sites for hydroxylation is 1. The summed E-state index contributed by atoms with van der Waals surface area (Å²) in [6.45, 7) is 3.56. The summed E-state index contributed by atoms with van der Waals surface area (Å²) < 4.78 is 0. The van der Waals surface area contributed by atoms with Crippen LogP contribution in [0.15, 0.2) is 12.1 Å². The lowest BCUT2D eigenvalue weighted by Crippen LogP contribution is -2.36. The summed E-state index contributed by atoms with van der Waals surface area (Å²) in [5.74, 6) is -0.492. The van der Waals surface area contributed by atoms with E-state index < -0.39 is 12.0 Å². The molecule has 0 bridgehead atoms. The predicted octanol–water partition coefficient (Wildman–Crippen LogP) is 2.02. The number of anilines is 1. The maximum absolute atomic E-state index is 11.9. The molecule has 4 N–H and O–H groups in total. The van der Waals surface area contributed by atoms with Crippen LogP contribution in [0.4, 0.5) is 5.69 Å². The Morgan fingerprint density at radius 2 is 2.05 bits per heavy atom. The SMILES string of the molecule is CSCC[C@@H](N)C(=O)Nc1cc(C)c(C)c(C(=O)O)c1. The fraction of sp³-hybridized carbons (Fsp3) is 0.429. The molecule has 0 fully saturated rings. The van der Waals surface area contributed by atoms with E-state index in [0.29, 0.717) is 17.7 Å². The lowest BCUT2D eigenvalue weighted by atomic mass is 10.0. The summed E-state index contributed by atoms with van der Waals surface area (Å²) >= 11 is 1.63. The van der Waals surface area contributed by atoms with Gasteiger partial charge in [-0.3, -0.25) is 4.79 Å². The molecule has 0 aliphatic rings. The molecule has 0 saturated carbocycles. The number of rotatable bonds is 6. The highest BCUT2D eigenvalue weighted by molar-refractivity contribution is 7.98. The van der Waals surface area contributed by atoms with Crippen molar-refractivity contribution in [2.45, 2.75) is 26.3 Å². The van der Waals surface area contributed by atoms with E-state index in [0.717, 1.165) is 11.3 Å². The van der Waals surface area contributed by atoms with Gasteiger partial charge in [0.25, 0.3) is 0 Å². The molecule has 5 nitrogen and oxygen atoms in total. The van der Waals surface area contributed by atoms with Gasteiger partial charge in [0, 0.05) is 5.69 Å². The zero-order valence-electron chi connectivity index (χ0n) is 11.9. The minimum absolute atomic E-state index is 0.193. The second kappa shape index (κ2) is 7.31. The molecule has 6 heteroatoms. The highest BCUT2D eigenvalue weighted by Gasteiger charge is 2.16. The molecule has 0 heterocycles. The Kier molecular flexibility index (Phi) is 6.04. The Balaban J connectivity index is 2.88. The molecular formula is C14H20N2O3S. The van der Waals surface area contributed by atoms with Gasteiger partial charge in [0.2, 0.25) is 5.91 Å². The van der Waals surface area contributed by atoms with Gasteiger partial charge in [0.15, 0.2) is 0 Å². The minimum Gasteiger partial charge on any atom is -0.478 e. The van der Waals surface area contributed by atoms with Crippen LogP contribution < -0.4 is 11.1 Å². The van der Waals surface area contributed by atoms with Crippen molar-refractivity contribution in [1.82, 2.24) is 0 Å². The van der Waals surface area contributed by atoms with E-state index in [9.17, 15) is 9.59 Å². The second-order valence-corrected chi connectivity index (χ2v) is 5.63. The Hall–Kier alpha value is -1.53. The van der Waals surface area contributed by atoms with Crippen molar-refractivity contribution in [2.75, 3.05) is 17.3 Å². The number of amides is 1. The van der Waals surface area contributed by atoms with Gasteiger partial charge >= 0.3 is 5.97 Å². The monoisotopic (exact) mass is 296 g/mol. The molecule has 0 spiro atoms. The highest BCUT2D eigenvalue weighted by atomic mass is 32.2. The number of carbonyl (C=O) groups is 2. The van der Waals surface area contributed by atoms with Gasteiger partial charge in [-0.05, 0) is 55.5 Å². The van der Waals surface area contributed by atoms with Gasteiger partial charge in [-0.2, -0.15) is 11.8 Å². The quantitative estimate of drug-likeness (QED) is 0.747. The van der Waals surface area contributed by atoms with E-state index in [1.54, 1.807) is 24.8 Å². The van der Waals surface area contributed by atoms with E-state index >= 15 is 0 Å². The third kappa shape index (κ3) is 4.25. The third-order valence-corrected chi connectivity index (χ3v) is 3.78. The number of nitrogens with one attached hydrogen (secondary N) is 1. The molecule has 0 unspecified atom stereocenters. The van der Waals surface area contributed by atoms with Crippen LogP contribution >= 0.6 is 11.8 Å². The van der Waals surface area contributed by atoms with E-state index in [2.05, 4.69) is 5.32 Å². The van der Waals surface area contributed by atoms with Crippen LogP contribution in [0.5, 0.6) is 0 Å². The summed E-state index contributed by atoms with van der Waals surface area (Å²) in [6, 6.07) is 2.63. The average Bonchev–Trinajstić information content (AvgIpc) is 2.39. The highest BCUT2D eigenvalue weighted by Crippen LogP contribution is 2.20. The molecule has 1 rings (SSSR count). The van der Waals surface area contributed by atoms with Crippen molar-refractivity contribution in [2.24, 2.45) is 5.73 Å². The van der Waals surface area contributed by atoms with Crippen LogP contribution in [0, 0.1) is 13.8 Å². The van der Waals surface area contributed by atoms with Gasteiger partial charge < -0.3 is 16.2 Å². The fourth-order valence-corrected chi connectivity index (χ4v) is 2.25. The number of carboxylic acids is 1. The molecule has 1 atom stereocenters. The smallest absolute Gasteiger partial charge is 0.336 e. The number of benzene rings is 1. The maximum atomic E-state index is 11.9. The summed E-state index contributed by atoms with van der Waals surface area (Å²) in [5.41, 5.74) is 7.95. The summed E-state index contributed by atoms with van der Waals surface area (Å²) in [6.07, 6.45) is 2.54. The molecule has 0 aromatic heterocycles. The number of aromatic carboxylic acids is 1. The third-order valence-electron chi connectivity index (χ3n) is 3.14. The van der Waals surface area contributed by atoms with Crippen LogP contribution in [0.25, 0.3) is 0 Å². The number of hydrogen-bond donors (Lipinski definition) is 3. The van der Waals surface area contributed by atoms with Gasteiger partial charge in [0.05, 0.1) is 11.6 Å². The van der Waals surface area contributed by atoms with E-state index in [1.807, 2.05) is 13.2 Å². The first-order valence-electron chi connectivity index (χ1n) is 6.26. The Bertz CT molecular complexity index is 517. The van der Waals surface area contributed by atoms with Crippen molar-refractivity contribution >= 4 is 29.3 Å². The fourth-order valence-electron chi connectivity index (χ4n) is 1.76. The van der Waals surface area contributed by atoms with Gasteiger partial charge in [-0.25, -0.2) is 4.79 Å². The minimum atomic E-state index is -1.01. The van der Waals surface area contributed by atoms with Crippen molar-refractivity contribution in [1.29, 1.82) is 0 Å². The molecule has 0 aliphatic carbocycles. The normalized spacial score (nSPS) is 12.0. The number of hydrogen-bond acceptors (Lipinski definition) is 4. The van der Waals surface area contributed by atoms with Crippen molar-refractivity contribution in [3.63, 3.8) is 0 Å². The van der Waals surface area contributed by atoms with Crippen LogP contribution in [-0.2, 0) is 4.79 Å². The van der Waals surface area contributed by atoms with Crippen LogP contribution in [0.2, 0.25) is 0 Å². The lowest BCUT2D eigenvalue weighted by Gasteiger charge is -2.14. The second-order valence-electron chi connectivity index (χ2n) is 4.65. The molecule has 110 valence electrons. The predicted molar refractivity (Wildman–Crippen MR) is 82.5 cm³/mol. The van der Waals surface area contributed by atoms with Gasteiger partial charge in [-0.1, -0.05) is 0 Å². The van der Waals surface area contributed by atoms with E-state index in [4.69, 9.17) is 10.8 Å². The molecular weight excluding hydrogens is 276 g/mol. The van der Waals surface area contributed by atoms with Crippen LogP contribution in [0.3, 0.4) is 0 Å². The number of carboxylic acid groups (broad SMARTS) is 1. The molecule has 0 aliphatic heterocycles. The molecule has 1 aromatic carbocycles. The molecule has 0 saturated heterocycles. The van der Waals surface area contributed by atoms with Crippen molar-refractivity contribution < 1.29 is 14.7 Å². The first-order chi connectivity index (χ1) is 9.36. The van der Waals surface area contributed by atoms with E-state index in [1.165, 1.54) is 6.07 Å². The largest absolute Gasteiger partial charge is 0.478 e. The average molecular weight is 296 g/mol. The Morgan fingerprint density at radius 1 is 1.40 bits per heavy atom. The topological polar surface area (TPSA) is 92.4 Å². The lowest BCUT2D eigenvalue weighted by molar-refractivity contribution is -0.117. The van der Waals surface area contributed by atoms with Crippen molar-refractivity contribution in [3.05, 3.63) is 28.8 Å². The van der Waals surface area contributed by atoms with Crippen LogP contribution in [-0.4, -0.2) is 35.0 Å². The summed E-state index contributed by atoms with van der Waals surface area (Å²) in [5, 5.41) is 11.8. The zero-order valence-corrected chi connectivity index (χ0v) is 12.7. The van der Waals surface area contributed by atoms with Gasteiger partial charge in [0.1, 0.15) is 0 Å². The molecule has 0 radical (unpaired) electrons. The summed E-state index contributed by atoms with van der Waals surface area (Å²) in [4.78, 5) is 23.0.